The number of fused-ring (bicyclic) bond motifs is 1. The molecular formula is C23H22ClN3O2S. The van der Waals surface area contributed by atoms with Gasteiger partial charge in [-0.15, -0.1) is 11.3 Å². The first-order chi connectivity index (χ1) is 14.6. The molecule has 0 bridgehead atoms. The van der Waals surface area contributed by atoms with Gasteiger partial charge in [-0.05, 0) is 68.1 Å². The topological polar surface area (TPSA) is 62.3 Å². The Hall–Kier alpha value is -2.44. The minimum atomic E-state index is 0.0459. The highest BCUT2D eigenvalue weighted by atomic mass is 35.5. The van der Waals surface area contributed by atoms with Crippen molar-refractivity contribution in [3.8, 4) is 0 Å². The molecule has 2 aromatic carbocycles. The summed E-state index contributed by atoms with van der Waals surface area (Å²) < 4.78 is 1.15. The number of likely N-dealkylation sites (tertiary alicyclic amines) is 1. The van der Waals surface area contributed by atoms with Gasteiger partial charge in [-0.2, -0.15) is 0 Å². The molecule has 0 spiro atoms. The van der Waals surface area contributed by atoms with E-state index in [9.17, 15) is 9.59 Å². The van der Waals surface area contributed by atoms with E-state index in [1.54, 1.807) is 23.5 Å². The molecule has 30 heavy (non-hydrogen) atoms. The van der Waals surface area contributed by atoms with Gasteiger partial charge >= 0.3 is 0 Å². The van der Waals surface area contributed by atoms with E-state index in [2.05, 4.69) is 5.32 Å². The number of halogens is 1. The molecule has 3 aromatic rings. The summed E-state index contributed by atoms with van der Waals surface area (Å²) in [7, 11) is 0. The molecule has 0 unspecified atom stereocenters. The zero-order chi connectivity index (χ0) is 20.7. The molecular weight excluding hydrogens is 418 g/mol. The summed E-state index contributed by atoms with van der Waals surface area (Å²) in [6.07, 6.45) is 3.77. The fourth-order valence-corrected chi connectivity index (χ4v) is 5.17. The summed E-state index contributed by atoms with van der Waals surface area (Å²) in [5.41, 5.74) is 2.36. The largest absolute Gasteiger partial charge is 0.339 e. The molecule has 1 aliphatic carbocycles. The predicted octanol–water partition coefficient (Wildman–Crippen LogP) is 5.32. The molecule has 0 radical (unpaired) electrons. The average molecular weight is 440 g/mol. The van der Waals surface area contributed by atoms with E-state index in [0.29, 0.717) is 16.5 Å². The second kappa shape index (κ2) is 8.00. The van der Waals surface area contributed by atoms with Crippen LogP contribution in [0.1, 0.15) is 47.0 Å². The summed E-state index contributed by atoms with van der Waals surface area (Å²) in [6, 6.07) is 13.1. The number of thiazole rings is 1. The van der Waals surface area contributed by atoms with E-state index in [1.165, 1.54) is 0 Å². The van der Waals surface area contributed by atoms with E-state index in [4.69, 9.17) is 16.6 Å². The molecule has 2 heterocycles. The molecule has 7 heteroatoms. The molecule has 2 amide bonds. The number of anilines is 1. The van der Waals surface area contributed by atoms with Crippen molar-refractivity contribution in [3.05, 3.63) is 58.1 Å². The maximum atomic E-state index is 12.9. The molecule has 5 rings (SSSR count). The number of nitrogens with one attached hydrogen (secondary N) is 1. The van der Waals surface area contributed by atoms with Crippen LogP contribution in [-0.2, 0) is 4.79 Å². The van der Waals surface area contributed by atoms with Crippen LogP contribution in [0.25, 0.3) is 10.2 Å². The Kier molecular flexibility index (Phi) is 5.21. The summed E-state index contributed by atoms with van der Waals surface area (Å²) in [5, 5.41) is 4.75. The molecule has 2 fully saturated rings. The number of hydrogen-bond acceptors (Lipinski definition) is 4. The summed E-state index contributed by atoms with van der Waals surface area (Å²) in [5.74, 6) is 0.670. The maximum absolute atomic E-state index is 12.9. The van der Waals surface area contributed by atoms with Crippen molar-refractivity contribution >= 4 is 50.7 Å². The first-order valence-electron chi connectivity index (χ1n) is 10.3. The van der Waals surface area contributed by atoms with E-state index in [-0.39, 0.29) is 17.7 Å². The smallest absolute Gasteiger partial charge is 0.253 e. The molecule has 1 aromatic heterocycles. The van der Waals surface area contributed by atoms with Gasteiger partial charge in [0, 0.05) is 41.2 Å². The molecule has 1 N–H and O–H groups in total. The molecule has 1 saturated carbocycles. The van der Waals surface area contributed by atoms with Gasteiger partial charge < -0.3 is 10.2 Å². The van der Waals surface area contributed by atoms with E-state index in [0.717, 1.165) is 59.7 Å². The van der Waals surface area contributed by atoms with Crippen LogP contribution < -0.4 is 5.32 Å². The number of aromatic nitrogens is 1. The quantitative estimate of drug-likeness (QED) is 0.598. The third kappa shape index (κ3) is 4.07. The van der Waals surface area contributed by atoms with Crippen molar-refractivity contribution < 1.29 is 9.59 Å². The second-order valence-electron chi connectivity index (χ2n) is 8.07. The number of nitrogens with zero attached hydrogens (tertiary/aromatic N) is 2. The fraction of sp³-hybridized carbons (Fsp3) is 0.348. The number of rotatable bonds is 4. The minimum Gasteiger partial charge on any atom is -0.339 e. The maximum Gasteiger partial charge on any atom is 0.253 e. The van der Waals surface area contributed by atoms with E-state index >= 15 is 0 Å². The van der Waals surface area contributed by atoms with Crippen molar-refractivity contribution in [3.63, 3.8) is 0 Å². The van der Waals surface area contributed by atoms with Crippen molar-refractivity contribution in [2.45, 2.75) is 31.6 Å². The summed E-state index contributed by atoms with van der Waals surface area (Å²) in [4.78, 5) is 31.4. The van der Waals surface area contributed by atoms with Crippen LogP contribution in [0.2, 0.25) is 5.02 Å². The lowest BCUT2D eigenvalue weighted by Crippen LogP contribution is -2.37. The number of amides is 2. The lowest BCUT2D eigenvalue weighted by molar-refractivity contribution is -0.117. The molecule has 5 nitrogen and oxygen atoms in total. The Morgan fingerprint density at radius 3 is 2.47 bits per heavy atom. The normalized spacial score (nSPS) is 17.3. The van der Waals surface area contributed by atoms with Gasteiger partial charge in [0.2, 0.25) is 5.91 Å². The Balaban J connectivity index is 1.20. The third-order valence-electron chi connectivity index (χ3n) is 5.85. The second-order valence-corrected chi connectivity index (χ2v) is 9.57. The van der Waals surface area contributed by atoms with Crippen LogP contribution in [0.5, 0.6) is 0 Å². The first kappa shape index (κ1) is 19.5. The van der Waals surface area contributed by atoms with Gasteiger partial charge in [0.25, 0.3) is 5.91 Å². The number of benzene rings is 2. The molecule has 154 valence electrons. The van der Waals surface area contributed by atoms with Crippen molar-refractivity contribution in [2.75, 3.05) is 18.4 Å². The number of hydrogen-bond donors (Lipinski definition) is 1. The highest BCUT2D eigenvalue weighted by molar-refractivity contribution is 7.18. The van der Waals surface area contributed by atoms with Crippen molar-refractivity contribution in [1.29, 1.82) is 0 Å². The van der Waals surface area contributed by atoms with Crippen LogP contribution >= 0.6 is 22.9 Å². The van der Waals surface area contributed by atoms with E-state index in [1.807, 2.05) is 35.2 Å². The highest BCUT2D eigenvalue weighted by Crippen LogP contribution is 2.35. The van der Waals surface area contributed by atoms with Gasteiger partial charge in [-0.3, -0.25) is 9.59 Å². The Morgan fingerprint density at radius 2 is 1.77 bits per heavy atom. The van der Waals surface area contributed by atoms with Gasteiger partial charge in [-0.1, -0.05) is 11.6 Å². The molecule has 2 aliphatic rings. The monoisotopic (exact) mass is 439 g/mol. The van der Waals surface area contributed by atoms with Gasteiger partial charge in [0.1, 0.15) is 0 Å². The lowest BCUT2D eigenvalue weighted by atomic mass is 9.97. The number of carbonyl (C=O) groups excluding carboxylic acids is 2. The summed E-state index contributed by atoms with van der Waals surface area (Å²) >= 11 is 7.80. The fourth-order valence-electron chi connectivity index (χ4n) is 3.89. The van der Waals surface area contributed by atoms with Gasteiger partial charge in [0.15, 0.2) is 0 Å². The van der Waals surface area contributed by atoms with Crippen LogP contribution in [0.3, 0.4) is 0 Å². The van der Waals surface area contributed by atoms with Crippen molar-refractivity contribution in [2.24, 2.45) is 5.92 Å². The van der Waals surface area contributed by atoms with Crippen LogP contribution in [-0.4, -0.2) is 34.8 Å². The number of piperidine rings is 1. The van der Waals surface area contributed by atoms with Crippen molar-refractivity contribution in [1.82, 2.24) is 9.88 Å². The molecule has 1 saturated heterocycles. The van der Waals surface area contributed by atoms with E-state index < -0.39 is 0 Å². The van der Waals surface area contributed by atoms with Gasteiger partial charge in [0.05, 0.1) is 15.2 Å². The van der Waals surface area contributed by atoms with Gasteiger partial charge in [-0.25, -0.2) is 4.98 Å². The molecule has 1 aliphatic heterocycles. The Morgan fingerprint density at radius 1 is 1.03 bits per heavy atom. The van der Waals surface area contributed by atoms with Crippen LogP contribution in [0.4, 0.5) is 5.69 Å². The van der Waals surface area contributed by atoms with Crippen LogP contribution in [0.15, 0.2) is 42.5 Å². The Labute approximate surface area is 184 Å². The minimum absolute atomic E-state index is 0.0459. The highest BCUT2D eigenvalue weighted by Gasteiger charge is 2.30. The zero-order valence-electron chi connectivity index (χ0n) is 16.4. The first-order valence-corrected chi connectivity index (χ1v) is 11.5. The summed E-state index contributed by atoms with van der Waals surface area (Å²) in [6.45, 7) is 1.45. The van der Waals surface area contributed by atoms with Crippen LogP contribution in [0, 0.1) is 5.92 Å². The average Bonchev–Trinajstić information content (AvgIpc) is 3.54. The SMILES string of the molecule is O=C(Nc1ccc(C(=O)N2CCC(c3nc4cc(Cl)ccc4s3)CC2)cc1)C1CC1. The lowest BCUT2D eigenvalue weighted by Gasteiger charge is -2.31. The number of carbonyl (C=O) groups is 2. The zero-order valence-corrected chi connectivity index (χ0v) is 18.0. The Bertz CT molecular complexity index is 1100. The third-order valence-corrected chi connectivity index (χ3v) is 7.28. The predicted molar refractivity (Wildman–Crippen MR) is 120 cm³/mol. The standard InChI is InChI=1S/C23H22ClN3O2S/c24-17-5-8-20-19(13-17)26-22(30-20)15-9-11-27(12-10-15)23(29)16-3-6-18(7-4-16)25-21(28)14-1-2-14/h3-8,13-15H,1-2,9-12H2,(H,25,28). The molecule has 0 atom stereocenters.